The number of likely N-dealkylation sites (N-methyl/N-ethyl adjacent to an activating group) is 1. The molecule has 0 spiro atoms. The summed E-state index contributed by atoms with van der Waals surface area (Å²) in [4.78, 5) is 32.0. The van der Waals surface area contributed by atoms with Crippen LogP contribution in [0.25, 0.3) is 0 Å². The van der Waals surface area contributed by atoms with Crippen LogP contribution >= 0.6 is 0 Å². The quantitative estimate of drug-likeness (QED) is 0.379. The molecule has 8 nitrogen and oxygen atoms in total. The number of ether oxygens (including phenoxy) is 1. The number of nitrogens with one attached hydrogen (secondary N) is 3. The lowest BCUT2D eigenvalue weighted by atomic mass is 10.1. The zero-order chi connectivity index (χ0) is 18.6. The third-order valence-electron chi connectivity index (χ3n) is 3.11. The predicted octanol–water partition coefficient (Wildman–Crippen LogP) is 0.587. The zero-order valence-electron chi connectivity index (χ0n) is 15.2. The van der Waals surface area contributed by atoms with Crippen LogP contribution in [0.2, 0.25) is 0 Å². The SMILES string of the molecule is C.CNC(=O)CCCCCCCO.CNC(=O)CCOCC(=O)NC. The lowest BCUT2D eigenvalue weighted by Gasteiger charge is -2.01. The molecule has 0 aromatic carbocycles. The van der Waals surface area contributed by atoms with Crippen molar-refractivity contribution < 1.29 is 24.2 Å². The van der Waals surface area contributed by atoms with Crippen LogP contribution in [0.15, 0.2) is 0 Å². The van der Waals surface area contributed by atoms with Crippen molar-refractivity contribution in [3.8, 4) is 0 Å². The Kier molecular flexibility index (Phi) is 25.1. The molecule has 0 aliphatic rings. The number of unbranched alkanes of at least 4 members (excludes halogenated alkanes) is 4. The first kappa shape index (κ1) is 28.1. The van der Waals surface area contributed by atoms with Crippen molar-refractivity contribution in [3.63, 3.8) is 0 Å². The minimum atomic E-state index is -0.188. The number of amides is 3. The van der Waals surface area contributed by atoms with E-state index in [-0.39, 0.29) is 51.4 Å². The maximum absolute atomic E-state index is 10.7. The van der Waals surface area contributed by atoms with E-state index in [0.717, 1.165) is 32.1 Å². The maximum atomic E-state index is 10.7. The summed E-state index contributed by atoms with van der Waals surface area (Å²) in [6.45, 7) is 0.566. The van der Waals surface area contributed by atoms with Crippen molar-refractivity contribution in [2.24, 2.45) is 0 Å². The Hall–Kier alpha value is -1.67. The van der Waals surface area contributed by atoms with Crippen LogP contribution in [0.5, 0.6) is 0 Å². The molecule has 4 N–H and O–H groups in total. The summed E-state index contributed by atoms with van der Waals surface area (Å²) < 4.78 is 4.89. The summed E-state index contributed by atoms with van der Waals surface area (Å²) in [6.07, 6.45) is 6.06. The molecule has 0 unspecified atom stereocenters. The number of hydrogen-bond acceptors (Lipinski definition) is 5. The largest absolute Gasteiger partial charge is 0.396 e. The van der Waals surface area contributed by atoms with E-state index in [9.17, 15) is 14.4 Å². The Morgan fingerprint density at radius 2 is 1.24 bits per heavy atom. The van der Waals surface area contributed by atoms with Gasteiger partial charge in [0.2, 0.25) is 17.7 Å². The summed E-state index contributed by atoms with van der Waals surface area (Å²) in [5.74, 6) is -0.157. The Morgan fingerprint density at radius 3 is 1.76 bits per heavy atom. The fraction of sp³-hybridized carbons (Fsp3) is 0.824. The first-order chi connectivity index (χ1) is 11.5. The van der Waals surface area contributed by atoms with Crippen LogP contribution in [0.3, 0.4) is 0 Å². The Labute approximate surface area is 152 Å². The molecule has 0 bridgehead atoms. The van der Waals surface area contributed by atoms with Gasteiger partial charge in [-0.3, -0.25) is 14.4 Å². The molecule has 0 saturated heterocycles. The molecule has 0 aromatic heterocycles. The molecule has 0 fully saturated rings. The first-order valence-electron chi connectivity index (χ1n) is 8.32. The molecule has 0 aliphatic heterocycles. The normalized spacial score (nSPS) is 9.12. The molecule has 0 aliphatic carbocycles. The number of carbonyl (C=O) groups is 3. The lowest BCUT2D eigenvalue weighted by Crippen LogP contribution is -2.25. The van der Waals surface area contributed by atoms with Crippen LogP contribution in [0.4, 0.5) is 0 Å². The summed E-state index contributed by atoms with van der Waals surface area (Å²) in [6, 6.07) is 0. The third kappa shape index (κ3) is 24.7. The highest BCUT2D eigenvalue weighted by molar-refractivity contribution is 5.77. The van der Waals surface area contributed by atoms with Gasteiger partial charge in [0, 0.05) is 40.6 Å². The van der Waals surface area contributed by atoms with Crippen LogP contribution in [0.1, 0.15) is 52.4 Å². The maximum Gasteiger partial charge on any atom is 0.245 e. The van der Waals surface area contributed by atoms with Crippen molar-refractivity contribution in [1.29, 1.82) is 0 Å². The smallest absolute Gasteiger partial charge is 0.245 e. The van der Waals surface area contributed by atoms with E-state index in [4.69, 9.17) is 9.84 Å². The summed E-state index contributed by atoms with van der Waals surface area (Å²) in [5, 5.41) is 15.9. The third-order valence-corrected chi connectivity index (χ3v) is 3.11. The van der Waals surface area contributed by atoms with Gasteiger partial charge in [0.25, 0.3) is 0 Å². The highest BCUT2D eigenvalue weighted by Crippen LogP contribution is 2.04. The van der Waals surface area contributed by atoms with Crippen LogP contribution in [-0.2, 0) is 19.1 Å². The second kappa shape index (κ2) is 22.3. The first-order valence-corrected chi connectivity index (χ1v) is 8.32. The van der Waals surface area contributed by atoms with Crippen LogP contribution in [-0.4, -0.2) is 63.8 Å². The average Bonchev–Trinajstić information content (AvgIpc) is 2.61. The van der Waals surface area contributed by atoms with Crippen molar-refractivity contribution >= 4 is 17.7 Å². The van der Waals surface area contributed by atoms with Crippen molar-refractivity contribution in [3.05, 3.63) is 0 Å². The average molecular weight is 363 g/mol. The zero-order valence-corrected chi connectivity index (χ0v) is 15.2. The van der Waals surface area contributed by atoms with Crippen molar-refractivity contribution in [1.82, 2.24) is 16.0 Å². The van der Waals surface area contributed by atoms with E-state index in [0.29, 0.717) is 6.42 Å². The molecule has 8 heteroatoms. The topological polar surface area (TPSA) is 117 Å². The standard InChI is InChI=1S/C9H19NO2.C7H14N2O3.CH4/c1-10-9(12)7-5-3-2-4-6-8-11;1-8-6(10)3-4-12-5-7(11)9-2;/h11H,2-8H2,1H3,(H,10,12);3-5H2,1-2H3,(H,8,10)(H,9,11);1H4. The van der Waals surface area contributed by atoms with Gasteiger partial charge < -0.3 is 25.8 Å². The molecular formula is C17H37N3O5. The molecule has 3 amide bonds. The molecule has 150 valence electrons. The van der Waals surface area contributed by atoms with Gasteiger partial charge in [0.05, 0.1) is 6.61 Å². The molecule has 0 saturated carbocycles. The van der Waals surface area contributed by atoms with Crippen LogP contribution < -0.4 is 16.0 Å². The van der Waals surface area contributed by atoms with E-state index in [2.05, 4.69) is 16.0 Å². The van der Waals surface area contributed by atoms with Gasteiger partial charge in [-0.1, -0.05) is 26.7 Å². The number of carbonyl (C=O) groups excluding carboxylic acids is 3. The Morgan fingerprint density at radius 1 is 0.760 bits per heavy atom. The molecule has 25 heavy (non-hydrogen) atoms. The summed E-state index contributed by atoms with van der Waals surface area (Å²) >= 11 is 0. The minimum absolute atomic E-state index is 0. The highest BCUT2D eigenvalue weighted by atomic mass is 16.5. The minimum Gasteiger partial charge on any atom is -0.396 e. The lowest BCUT2D eigenvalue weighted by molar-refractivity contribution is -0.127. The monoisotopic (exact) mass is 363 g/mol. The molecule has 0 aromatic rings. The Bertz CT molecular complexity index is 320. The molecular weight excluding hydrogens is 326 g/mol. The fourth-order valence-corrected chi connectivity index (χ4v) is 1.58. The van der Waals surface area contributed by atoms with Gasteiger partial charge in [0.1, 0.15) is 6.61 Å². The van der Waals surface area contributed by atoms with E-state index >= 15 is 0 Å². The number of aliphatic hydroxyl groups is 1. The van der Waals surface area contributed by atoms with E-state index in [1.54, 1.807) is 14.1 Å². The van der Waals surface area contributed by atoms with Gasteiger partial charge in [-0.05, 0) is 12.8 Å². The molecule has 0 heterocycles. The second-order valence-corrected chi connectivity index (χ2v) is 5.06. The van der Waals surface area contributed by atoms with Gasteiger partial charge in [0.15, 0.2) is 0 Å². The summed E-state index contributed by atoms with van der Waals surface area (Å²) in [5.41, 5.74) is 0. The second-order valence-electron chi connectivity index (χ2n) is 5.06. The van der Waals surface area contributed by atoms with E-state index in [1.807, 2.05) is 0 Å². The molecule has 0 rings (SSSR count). The van der Waals surface area contributed by atoms with E-state index in [1.165, 1.54) is 7.05 Å². The predicted molar refractivity (Wildman–Crippen MR) is 99.2 cm³/mol. The number of hydrogen-bond donors (Lipinski definition) is 4. The van der Waals surface area contributed by atoms with Crippen molar-refractivity contribution in [2.45, 2.75) is 52.4 Å². The number of rotatable bonds is 12. The van der Waals surface area contributed by atoms with Gasteiger partial charge in [-0.2, -0.15) is 0 Å². The van der Waals surface area contributed by atoms with Gasteiger partial charge >= 0.3 is 0 Å². The fourth-order valence-electron chi connectivity index (χ4n) is 1.58. The van der Waals surface area contributed by atoms with Gasteiger partial charge in [-0.15, -0.1) is 0 Å². The van der Waals surface area contributed by atoms with E-state index < -0.39 is 0 Å². The molecule has 0 atom stereocenters. The van der Waals surface area contributed by atoms with Crippen LogP contribution in [0, 0.1) is 0 Å². The van der Waals surface area contributed by atoms with Gasteiger partial charge in [-0.25, -0.2) is 0 Å². The van der Waals surface area contributed by atoms with Crippen molar-refractivity contribution in [2.75, 3.05) is 41.0 Å². The Balaban J connectivity index is -0.000000372. The highest BCUT2D eigenvalue weighted by Gasteiger charge is 2.00. The number of aliphatic hydroxyl groups excluding tert-OH is 1. The molecule has 0 radical (unpaired) electrons. The summed E-state index contributed by atoms with van der Waals surface area (Å²) in [7, 11) is 4.75.